The van der Waals surface area contributed by atoms with Crippen molar-refractivity contribution in [1.29, 1.82) is 0 Å². The largest absolute Gasteiger partial charge is 0.419 e. The summed E-state index contributed by atoms with van der Waals surface area (Å²) in [5.74, 6) is 0.792. The monoisotopic (exact) mass is 516 g/mol. The topological polar surface area (TPSA) is 68.6 Å². The van der Waals surface area contributed by atoms with Gasteiger partial charge in [-0.15, -0.1) is 0 Å². The van der Waals surface area contributed by atoms with Crippen LogP contribution < -0.4 is 14.7 Å². The van der Waals surface area contributed by atoms with Gasteiger partial charge in [-0.1, -0.05) is 0 Å². The van der Waals surface area contributed by atoms with Crippen molar-refractivity contribution >= 4 is 17.6 Å². The summed E-state index contributed by atoms with van der Waals surface area (Å²) in [5.41, 5.74) is 0.683. The number of aromatic nitrogens is 3. The molecule has 2 aliphatic heterocycles. The van der Waals surface area contributed by atoms with Crippen LogP contribution in [0.3, 0.4) is 0 Å². The van der Waals surface area contributed by atoms with Crippen LogP contribution in [0.5, 0.6) is 0 Å². The Kier molecular flexibility index (Phi) is 6.65. The van der Waals surface area contributed by atoms with Crippen LogP contribution in [-0.2, 0) is 12.8 Å². The van der Waals surface area contributed by atoms with Crippen LogP contribution in [0, 0.1) is 5.82 Å². The van der Waals surface area contributed by atoms with Crippen molar-refractivity contribution < 1.29 is 22.7 Å². The first-order chi connectivity index (χ1) is 17.6. The quantitative estimate of drug-likeness (QED) is 0.501. The number of rotatable bonds is 5. The van der Waals surface area contributed by atoms with Gasteiger partial charge < -0.3 is 19.8 Å². The number of alkyl halides is 3. The molecule has 11 heteroatoms. The smallest absolute Gasteiger partial charge is 0.392 e. The zero-order valence-corrected chi connectivity index (χ0v) is 20.6. The molecule has 2 aromatic heterocycles. The zero-order valence-electron chi connectivity index (χ0n) is 20.6. The molecule has 196 valence electrons. The summed E-state index contributed by atoms with van der Waals surface area (Å²) in [6.07, 6.45) is -2.27. The number of halogens is 4. The van der Waals surface area contributed by atoms with Crippen LogP contribution in [-0.4, -0.2) is 58.3 Å². The molecule has 1 N–H and O–H groups in total. The highest BCUT2D eigenvalue weighted by molar-refractivity contribution is 5.66. The van der Waals surface area contributed by atoms with E-state index in [4.69, 9.17) is 9.97 Å². The van der Waals surface area contributed by atoms with Crippen molar-refractivity contribution in [2.24, 2.45) is 0 Å². The lowest BCUT2D eigenvalue weighted by Crippen LogP contribution is -2.53. The van der Waals surface area contributed by atoms with Crippen LogP contribution in [0.4, 0.5) is 35.1 Å². The third-order valence-corrected chi connectivity index (χ3v) is 7.05. The molecule has 1 aromatic carbocycles. The van der Waals surface area contributed by atoms with Gasteiger partial charge in [0.2, 0.25) is 5.95 Å². The first-order valence-corrected chi connectivity index (χ1v) is 12.2. The van der Waals surface area contributed by atoms with Crippen LogP contribution in [0.2, 0.25) is 0 Å². The number of aliphatic hydroxyl groups is 1. The molecular weight excluding hydrogens is 488 g/mol. The highest BCUT2D eigenvalue weighted by Crippen LogP contribution is 2.37. The molecule has 0 bridgehead atoms. The summed E-state index contributed by atoms with van der Waals surface area (Å²) in [6.45, 7) is 5.41. The van der Waals surface area contributed by atoms with E-state index in [9.17, 15) is 22.7 Å². The van der Waals surface area contributed by atoms with Gasteiger partial charge in [0.15, 0.2) is 0 Å². The molecule has 5 rings (SSSR count). The molecule has 4 heterocycles. The lowest BCUT2D eigenvalue weighted by molar-refractivity contribution is -0.137. The molecule has 0 amide bonds. The predicted molar refractivity (Wildman–Crippen MR) is 133 cm³/mol. The summed E-state index contributed by atoms with van der Waals surface area (Å²) in [6, 6.07) is 9.06. The minimum absolute atomic E-state index is 0.116. The summed E-state index contributed by atoms with van der Waals surface area (Å²) >= 11 is 0. The van der Waals surface area contributed by atoms with Crippen LogP contribution in [0.1, 0.15) is 31.4 Å². The normalized spacial score (nSPS) is 20.2. The van der Waals surface area contributed by atoms with Gasteiger partial charge in [-0.25, -0.2) is 14.4 Å². The number of aliphatic hydroxyl groups excluding tert-OH is 1. The Balaban J connectivity index is 1.45. The first-order valence-electron chi connectivity index (χ1n) is 12.2. The molecule has 2 unspecified atom stereocenters. The molecule has 0 radical (unpaired) electrons. The van der Waals surface area contributed by atoms with E-state index >= 15 is 0 Å². The Hall–Kier alpha value is -3.47. The molecule has 2 aliphatic rings. The van der Waals surface area contributed by atoms with Crippen molar-refractivity contribution in [2.45, 2.75) is 45.1 Å². The van der Waals surface area contributed by atoms with Gasteiger partial charge in [-0.2, -0.15) is 18.2 Å². The van der Waals surface area contributed by atoms with Gasteiger partial charge in [-0.3, -0.25) is 0 Å². The Labute approximate surface area is 212 Å². The molecule has 0 saturated carbocycles. The number of piperazine rings is 1. The Bertz CT molecular complexity index is 1270. The maximum absolute atomic E-state index is 13.8. The average molecular weight is 517 g/mol. The number of hydrogen-bond acceptors (Lipinski definition) is 7. The molecule has 2 atom stereocenters. The third-order valence-electron chi connectivity index (χ3n) is 7.05. The predicted octanol–water partition coefficient (Wildman–Crippen LogP) is 4.50. The van der Waals surface area contributed by atoms with Gasteiger partial charge in [0.1, 0.15) is 17.5 Å². The second kappa shape index (κ2) is 9.77. The maximum Gasteiger partial charge on any atom is 0.419 e. The molecular formula is C26H28F4N6O. The number of nitrogens with zero attached hydrogens (tertiary/aromatic N) is 6. The van der Waals surface area contributed by atoms with E-state index in [1.807, 2.05) is 13.0 Å². The molecule has 2 saturated heterocycles. The van der Waals surface area contributed by atoms with Gasteiger partial charge in [0.05, 0.1) is 17.9 Å². The van der Waals surface area contributed by atoms with E-state index in [-0.39, 0.29) is 23.2 Å². The van der Waals surface area contributed by atoms with Crippen LogP contribution in [0.15, 0.2) is 42.6 Å². The van der Waals surface area contributed by atoms with Crippen LogP contribution >= 0.6 is 0 Å². The first kappa shape index (κ1) is 25.2. The number of anilines is 3. The maximum atomic E-state index is 13.8. The lowest BCUT2D eigenvalue weighted by atomic mass is 10.1. The highest BCUT2D eigenvalue weighted by atomic mass is 19.4. The number of hydrogen-bond donors (Lipinski definition) is 1. The molecule has 37 heavy (non-hydrogen) atoms. The second-order valence-corrected chi connectivity index (χ2v) is 9.61. The Morgan fingerprint density at radius 1 is 0.973 bits per heavy atom. The number of pyridine rings is 1. The molecule has 3 aromatic rings. The summed E-state index contributed by atoms with van der Waals surface area (Å²) in [5, 5.41) is 9.29. The minimum Gasteiger partial charge on any atom is -0.392 e. The number of benzene rings is 1. The summed E-state index contributed by atoms with van der Waals surface area (Å²) < 4.78 is 54.9. The Morgan fingerprint density at radius 2 is 1.73 bits per heavy atom. The van der Waals surface area contributed by atoms with E-state index in [1.165, 1.54) is 18.3 Å². The van der Waals surface area contributed by atoms with Gasteiger partial charge in [-0.05, 0) is 56.2 Å². The average Bonchev–Trinajstić information content (AvgIpc) is 2.87. The molecule has 0 aliphatic carbocycles. The van der Waals surface area contributed by atoms with Crippen molar-refractivity contribution in [3.8, 4) is 11.3 Å². The van der Waals surface area contributed by atoms with Crippen molar-refractivity contribution in [2.75, 3.05) is 40.9 Å². The van der Waals surface area contributed by atoms with Gasteiger partial charge in [0, 0.05) is 56.1 Å². The van der Waals surface area contributed by atoms with Crippen LogP contribution in [0.25, 0.3) is 11.3 Å². The third kappa shape index (κ3) is 5.04. The van der Waals surface area contributed by atoms with Gasteiger partial charge >= 0.3 is 6.18 Å². The van der Waals surface area contributed by atoms with Crippen molar-refractivity contribution in [1.82, 2.24) is 15.0 Å². The summed E-state index contributed by atoms with van der Waals surface area (Å²) in [4.78, 5) is 19.4. The molecule has 0 spiro atoms. The molecule has 2 fully saturated rings. The second-order valence-electron chi connectivity index (χ2n) is 9.61. The molecule has 7 nitrogen and oxygen atoms in total. The van der Waals surface area contributed by atoms with E-state index < -0.39 is 18.3 Å². The van der Waals surface area contributed by atoms with Gasteiger partial charge in [0.25, 0.3) is 0 Å². The van der Waals surface area contributed by atoms with Crippen molar-refractivity contribution in [3.63, 3.8) is 0 Å². The highest BCUT2D eigenvalue weighted by Gasteiger charge is 2.38. The van der Waals surface area contributed by atoms with Crippen molar-refractivity contribution in [3.05, 3.63) is 59.5 Å². The standard InChI is InChI=1S/C26H28F4N6O/c1-16-7-8-36(16)25-32-22(19-3-5-20(27)6-4-19)12-23(33-25)35-10-9-34(14-17(35)2)24-21(26(28,29)30)11-18(15-37)13-31-24/h3-6,11-13,16-17,37H,7-10,14-15H2,1-2H3. The fourth-order valence-electron chi connectivity index (χ4n) is 4.82. The minimum atomic E-state index is -4.59. The van der Waals surface area contributed by atoms with E-state index in [2.05, 4.69) is 21.7 Å². The lowest BCUT2D eigenvalue weighted by Gasteiger charge is -2.43. The summed E-state index contributed by atoms with van der Waals surface area (Å²) in [7, 11) is 0. The fraction of sp³-hybridized carbons (Fsp3) is 0.423. The fourth-order valence-corrected chi connectivity index (χ4v) is 4.82. The van der Waals surface area contributed by atoms with E-state index in [0.29, 0.717) is 43.1 Å². The van der Waals surface area contributed by atoms with E-state index in [0.717, 1.165) is 24.6 Å². The Morgan fingerprint density at radius 3 is 2.32 bits per heavy atom. The zero-order chi connectivity index (χ0) is 26.3. The van der Waals surface area contributed by atoms with E-state index in [1.54, 1.807) is 17.0 Å². The SMILES string of the molecule is CC1CN(c2ncc(CO)cc2C(F)(F)F)CCN1c1cc(-c2ccc(F)cc2)nc(N2CCC2C)n1.